The number of benzene rings is 1. The summed E-state index contributed by atoms with van der Waals surface area (Å²) in [5.74, 6) is 0.113. The number of carbonyl (C=O) groups excluding carboxylic acids is 1. The van der Waals surface area contributed by atoms with Gasteiger partial charge in [0.05, 0.1) is 0 Å². The summed E-state index contributed by atoms with van der Waals surface area (Å²) in [5, 5.41) is 0. The van der Waals surface area contributed by atoms with Gasteiger partial charge in [-0.25, -0.2) is 0 Å². The number of ketones is 1. The van der Waals surface area contributed by atoms with E-state index in [2.05, 4.69) is 8.09 Å². The molecule has 0 unspecified atom stereocenters. The van der Waals surface area contributed by atoms with Crippen LogP contribution in [-0.2, 0) is 0 Å². The van der Waals surface area contributed by atoms with Crippen LogP contribution < -0.4 is 0 Å². The largest absolute Gasteiger partial charge is 0.289 e. The van der Waals surface area contributed by atoms with E-state index in [0.29, 0.717) is 0 Å². The highest BCUT2D eigenvalue weighted by Crippen LogP contribution is 2.14. The lowest BCUT2D eigenvalue weighted by atomic mass is 10.0. The molecule has 0 amide bonds. The zero-order valence-electron chi connectivity index (χ0n) is 7.48. The van der Waals surface area contributed by atoms with Crippen LogP contribution in [0.25, 0.3) is 0 Å². The van der Waals surface area contributed by atoms with Crippen molar-refractivity contribution in [3.63, 3.8) is 0 Å². The van der Waals surface area contributed by atoms with Crippen LogP contribution in [0.15, 0.2) is 52.1 Å². The van der Waals surface area contributed by atoms with Crippen LogP contribution in [0, 0.1) is 0 Å². The number of hydrogen-bond acceptors (Lipinski definition) is 1. The maximum Gasteiger partial charge on any atom is 0.193 e. The molecule has 1 nitrogen and oxygen atoms in total. The van der Waals surface area contributed by atoms with Crippen molar-refractivity contribution in [2.75, 3.05) is 0 Å². The monoisotopic (exact) mass is 296 g/mol. The van der Waals surface area contributed by atoms with Crippen molar-refractivity contribution in [2.45, 2.75) is 0 Å². The molecule has 0 radical (unpaired) electrons. The Morgan fingerprint density at radius 3 is 2.57 bits per heavy atom. The molecule has 0 aliphatic carbocycles. The lowest BCUT2D eigenvalue weighted by Gasteiger charge is -2.02. The van der Waals surface area contributed by atoms with Gasteiger partial charge in [0.25, 0.3) is 0 Å². The van der Waals surface area contributed by atoms with Gasteiger partial charge in [-0.2, -0.15) is 0 Å². The molecule has 2 rings (SSSR count). The van der Waals surface area contributed by atoms with Gasteiger partial charge in [0, 0.05) is 11.1 Å². The maximum absolute atomic E-state index is 11.9. The Hall–Kier alpha value is -1.03. The molecular formula is C12H9IO. The first-order chi connectivity index (χ1) is 6.88. The SMILES string of the molecule is O=C(C1=CC=IC=C1)c1ccccc1. The predicted octanol–water partition coefficient (Wildman–Crippen LogP) is 3.10. The number of allylic oxidation sites excluding steroid dienone is 3. The van der Waals surface area contributed by atoms with E-state index < -0.39 is 0 Å². The minimum absolute atomic E-state index is 0.0577. The lowest BCUT2D eigenvalue weighted by Crippen LogP contribution is -2.01. The van der Waals surface area contributed by atoms with E-state index in [1.54, 1.807) is 0 Å². The smallest absolute Gasteiger partial charge is 0.193 e. The number of carbonyl (C=O) groups is 1. The Morgan fingerprint density at radius 2 is 1.93 bits per heavy atom. The molecule has 1 aliphatic rings. The summed E-state index contributed by atoms with van der Waals surface area (Å²) >= 11 is 0.0577. The highest BCUT2D eigenvalue weighted by atomic mass is 127. The Labute approximate surface area is 92.9 Å². The topological polar surface area (TPSA) is 17.1 Å². The second kappa shape index (κ2) is 4.46. The van der Waals surface area contributed by atoms with Crippen LogP contribution >= 0.6 is 20.7 Å². The van der Waals surface area contributed by atoms with Crippen molar-refractivity contribution in [1.82, 2.24) is 0 Å². The van der Waals surface area contributed by atoms with Crippen molar-refractivity contribution in [3.8, 4) is 0 Å². The third-order valence-corrected chi connectivity index (χ3v) is 3.48. The highest BCUT2D eigenvalue weighted by Gasteiger charge is 2.08. The Balaban J connectivity index is 2.30. The molecule has 2 heteroatoms. The third-order valence-electron chi connectivity index (χ3n) is 1.93. The van der Waals surface area contributed by atoms with Crippen molar-refractivity contribution >= 4 is 30.5 Å². The van der Waals surface area contributed by atoms with E-state index >= 15 is 0 Å². The number of halogens is 1. The molecule has 0 spiro atoms. The fraction of sp³-hybridized carbons (Fsp3) is 0. The average Bonchev–Trinajstić information content (AvgIpc) is 2.30. The average molecular weight is 296 g/mol. The van der Waals surface area contributed by atoms with Gasteiger partial charge in [0.1, 0.15) is 0 Å². The second-order valence-corrected chi connectivity index (χ2v) is 5.02. The molecule has 0 fully saturated rings. The van der Waals surface area contributed by atoms with Crippen LogP contribution in [0.4, 0.5) is 0 Å². The summed E-state index contributed by atoms with van der Waals surface area (Å²) in [6.45, 7) is 0. The Morgan fingerprint density at radius 1 is 1.14 bits per heavy atom. The van der Waals surface area contributed by atoms with Crippen LogP contribution in [0.1, 0.15) is 10.4 Å². The first-order valence-electron chi connectivity index (χ1n) is 4.30. The van der Waals surface area contributed by atoms with E-state index in [0.717, 1.165) is 11.1 Å². The standard InChI is InChI=1S/C12H9IO/c14-12(10-4-2-1-3-5-10)11-6-8-13-9-7-11/h1-9H. The fourth-order valence-electron chi connectivity index (χ4n) is 1.21. The number of rotatable bonds is 2. The molecular weight excluding hydrogens is 287 g/mol. The van der Waals surface area contributed by atoms with Crippen molar-refractivity contribution in [2.24, 2.45) is 0 Å². The molecule has 0 saturated carbocycles. The molecule has 1 aliphatic heterocycles. The molecule has 1 aromatic rings. The normalized spacial score (nSPS) is 14.4. The van der Waals surface area contributed by atoms with Crippen molar-refractivity contribution in [1.29, 1.82) is 0 Å². The van der Waals surface area contributed by atoms with E-state index in [4.69, 9.17) is 0 Å². The second-order valence-electron chi connectivity index (χ2n) is 2.86. The van der Waals surface area contributed by atoms with E-state index in [9.17, 15) is 4.79 Å². The fourth-order valence-corrected chi connectivity index (χ4v) is 2.64. The van der Waals surface area contributed by atoms with E-state index in [1.807, 2.05) is 42.5 Å². The summed E-state index contributed by atoms with van der Waals surface area (Å²) < 4.78 is 4.21. The molecule has 0 N–H and O–H groups in total. The van der Waals surface area contributed by atoms with Crippen molar-refractivity contribution in [3.05, 3.63) is 57.7 Å². The highest BCUT2D eigenvalue weighted by molar-refractivity contribution is 14.2. The van der Waals surface area contributed by atoms with Gasteiger partial charge in [0.15, 0.2) is 5.78 Å². The van der Waals surface area contributed by atoms with Gasteiger partial charge in [0.2, 0.25) is 0 Å². The summed E-state index contributed by atoms with van der Waals surface area (Å²) in [6.07, 6.45) is 3.87. The molecule has 0 bridgehead atoms. The van der Waals surface area contributed by atoms with Gasteiger partial charge in [-0.1, -0.05) is 51.1 Å². The van der Waals surface area contributed by atoms with Crippen LogP contribution in [0.3, 0.4) is 0 Å². The molecule has 1 aromatic carbocycles. The molecule has 0 atom stereocenters. The lowest BCUT2D eigenvalue weighted by molar-refractivity contribution is 0.103. The van der Waals surface area contributed by atoms with Gasteiger partial charge in [-0.3, -0.25) is 4.79 Å². The quantitative estimate of drug-likeness (QED) is 0.605. The first-order valence-corrected chi connectivity index (χ1v) is 6.79. The minimum atomic E-state index is 0.0577. The Bertz CT molecular complexity index is 427. The molecule has 70 valence electrons. The summed E-state index contributed by atoms with van der Waals surface area (Å²) in [4.78, 5) is 11.9. The van der Waals surface area contributed by atoms with Gasteiger partial charge < -0.3 is 0 Å². The van der Waals surface area contributed by atoms with Crippen LogP contribution in [0.2, 0.25) is 0 Å². The molecule has 1 heterocycles. The van der Waals surface area contributed by atoms with E-state index in [-0.39, 0.29) is 26.5 Å². The number of hydrogen-bond donors (Lipinski definition) is 0. The Kier molecular flexibility index (Phi) is 3.03. The summed E-state index contributed by atoms with van der Waals surface area (Å²) in [7, 11) is 0. The number of Topliss-reactive ketones (excluding diaryl/α,β-unsaturated/α-hetero) is 1. The maximum atomic E-state index is 11.9. The summed E-state index contributed by atoms with van der Waals surface area (Å²) in [5.41, 5.74) is 1.55. The van der Waals surface area contributed by atoms with Gasteiger partial charge in [-0.05, 0) is 20.2 Å². The molecule has 0 aromatic heterocycles. The van der Waals surface area contributed by atoms with Crippen molar-refractivity contribution < 1.29 is 4.79 Å². The molecule has 0 saturated heterocycles. The third kappa shape index (κ3) is 2.07. The van der Waals surface area contributed by atoms with E-state index in [1.165, 1.54) is 0 Å². The van der Waals surface area contributed by atoms with Gasteiger partial charge in [-0.15, -0.1) is 0 Å². The first kappa shape index (κ1) is 9.52. The van der Waals surface area contributed by atoms with Gasteiger partial charge >= 0.3 is 0 Å². The van der Waals surface area contributed by atoms with Crippen LogP contribution in [-0.4, -0.2) is 9.79 Å². The zero-order valence-corrected chi connectivity index (χ0v) is 9.64. The molecule has 14 heavy (non-hydrogen) atoms. The minimum Gasteiger partial charge on any atom is -0.289 e. The predicted molar refractivity (Wildman–Crippen MR) is 68.1 cm³/mol. The van der Waals surface area contributed by atoms with Crippen LogP contribution in [0.5, 0.6) is 0 Å². The zero-order chi connectivity index (χ0) is 9.80. The summed E-state index contributed by atoms with van der Waals surface area (Å²) in [6, 6.07) is 9.38.